The minimum atomic E-state index is -0.113. The van der Waals surface area contributed by atoms with Crippen LogP contribution in [0, 0.1) is 0 Å². The van der Waals surface area contributed by atoms with E-state index in [1.54, 1.807) is 7.11 Å². The lowest BCUT2D eigenvalue weighted by molar-refractivity contribution is 0.101. The van der Waals surface area contributed by atoms with Crippen LogP contribution in [-0.4, -0.2) is 33.8 Å². The predicted octanol–water partition coefficient (Wildman–Crippen LogP) is 3.61. The summed E-state index contributed by atoms with van der Waals surface area (Å²) in [5.41, 5.74) is 2.54. The van der Waals surface area contributed by atoms with Crippen LogP contribution in [0.3, 0.4) is 0 Å². The van der Waals surface area contributed by atoms with Crippen LogP contribution in [0.5, 0.6) is 5.75 Å². The van der Waals surface area contributed by atoms with Gasteiger partial charge in [0.2, 0.25) is 0 Å². The van der Waals surface area contributed by atoms with Crippen molar-refractivity contribution >= 4 is 19.3 Å². The molecule has 0 saturated carbocycles. The van der Waals surface area contributed by atoms with Gasteiger partial charge >= 0.3 is 0 Å². The fourth-order valence-corrected chi connectivity index (χ4v) is 2.46. The lowest BCUT2D eigenvalue weighted by atomic mass is 9.83. The molecule has 0 unspecified atom stereocenters. The van der Waals surface area contributed by atoms with Crippen molar-refractivity contribution in [3.63, 3.8) is 0 Å². The fraction of sp³-hybridized carbons (Fsp3) is 0.588. The number of ketones is 1. The van der Waals surface area contributed by atoms with Crippen molar-refractivity contribution in [3.8, 4) is 5.75 Å². The van der Waals surface area contributed by atoms with Gasteiger partial charge in [0, 0.05) is 24.2 Å². The second-order valence-electron chi connectivity index (χ2n) is 6.13. The lowest BCUT2D eigenvalue weighted by Gasteiger charge is -2.29. The van der Waals surface area contributed by atoms with E-state index in [0.717, 1.165) is 30.1 Å². The molecular weight excluding hydrogens is 261 g/mol. The van der Waals surface area contributed by atoms with E-state index < -0.39 is 0 Å². The largest absolute Gasteiger partial charge is 0.494 e. The zero-order chi connectivity index (χ0) is 16.2. The molecule has 0 aliphatic rings. The summed E-state index contributed by atoms with van der Waals surface area (Å²) in [6.45, 7) is 12.3. The second-order valence-corrected chi connectivity index (χ2v) is 6.13. The van der Waals surface area contributed by atoms with Crippen molar-refractivity contribution in [2.75, 3.05) is 25.1 Å². The number of carbonyl (C=O) groups excluding carboxylic acids is 1. The molecule has 2 radical (unpaired) electrons. The highest BCUT2D eigenvalue weighted by atomic mass is 16.5. The van der Waals surface area contributed by atoms with E-state index in [4.69, 9.17) is 12.6 Å². The summed E-state index contributed by atoms with van der Waals surface area (Å²) in [7, 11) is 7.21. The molecule has 21 heavy (non-hydrogen) atoms. The smallest absolute Gasteiger partial charge is 0.154 e. The highest BCUT2D eigenvalue weighted by Crippen LogP contribution is 2.40. The fourth-order valence-electron chi connectivity index (χ4n) is 2.46. The number of benzene rings is 1. The number of methoxy groups -OCH3 is 1. The maximum atomic E-state index is 12.1. The van der Waals surface area contributed by atoms with Gasteiger partial charge in [-0.2, -0.15) is 0 Å². The van der Waals surface area contributed by atoms with Gasteiger partial charge in [-0.15, -0.1) is 0 Å². The Bertz CT molecular complexity index is 502. The summed E-state index contributed by atoms with van der Waals surface area (Å²) in [5.74, 6) is 0.802. The molecule has 0 aliphatic heterocycles. The Kier molecular flexibility index (Phi) is 5.88. The molecule has 0 saturated heterocycles. The van der Waals surface area contributed by atoms with Gasteiger partial charge < -0.3 is 9.64 Å². The van der Waals surface area contributed by atoms with Crippen molar-refractivity contribution in [2.24, 2.45) is 0 Å². The molecule has 0 amide bonds. The van der Waals surface area contributed by atoms with Crippen molar-refractivity contribution in [1.29, 1.82) is 0 Å². The van der Waals surface area contributed by atoms with Gasteiger partial charge in [-0.1, -0.05) is 20.8 Å². The maximum Gasteiger partial charge on any atom is 0.154 e. The summed E-state index contributed by atoms with van der Waals surface area (Å²) >= 11 is 0. The van der Waals surface area contributed by atoms with E-state index >= 15 is 0 Å². The topological polar surface area (TPSA) is 29.5 Å². The van der Waals surface area contributed by atoms with Gasteiger partial charge in [-0.3, -0.25) is 4.79 Å². The van der Waals surface area contributed by atoms with Crippen molar-refractivity contribution < 1.29 is 9.53 Å². The van der Waals surface area contributed by atoms with Gasteiger partial charge in [0.05, 0.1) is 20.6 Å². The highest BCUT2D eigenvalue weighted by Gasteiger charge is 2.25. The number of Topliss-reactive ketones (excluding diaryl/α,β-unsaturated/α-hetero) is 1. The molecule has 1 aromatic rings. The Morgan fingerprint density at radius 2 is 1.81 bits per heavy atom. The van der Waals surface area contributed by atoms with Crippen molar-refractivity contribution in [3.05, 3.63) is 23.3 Å². The average molecular weight is 287 g/mol. The number of hydrogen-bond acceptors (Lipinski definition) is 3. The van der Waals surface area contributed by atoms with E-state index in [9.17, 15) is 4.79 Å². The molecule has 0 atom stereocenters. The third-order valence-electron chi connectivity index (χ3n) is 3.69. The zero-order valence-corrected chi connectivity index (χ0v) is 14.1. The van der Waals surface area contributed by atoms with Crippen LogP contribution in [0.4, 0.5) is 5.69 Å². The summed E-state index contributed by atoms with van der Waals surface area (Å²) in [4.78, 5) is 14.3. The molecular formula is C17H26BNO2. The monoisotopic (exact) mass is 287 g/mol. The Hall–Kier alpha value is -1.45. The van der Waals surface area contributed by atoms with Crippen LogP contribution in [0.15, 0.2) is 12.1 Å². The number of anilines is 1. The van der Waals surface area contributed by atoms with E-state index in [2.05, 4.69) is 39.5 Å². The third kappa shape index (κ3) is 3.81. The average Bonchev–Trinajstić information content (AvgIpc) is 2.45. The number of hydrogen-bond donors (Lipinski definition) is 0. The first-order valence-corrected chi connectivity index (χ1v) is 7.50. The van der Waals surface area contributed by atoms with Crippen molar-refractivity contribution in [2.45, 2.75) is 46.4 Å². The Morgan fingerprint density at radius 1 is 1.24 bits per heavy atom. The minimum absolute atomic E-state index is 0.0214. The summed E-state index contributed by atoms with van der Waals surface area (Å²) in [6, 6.07) is 3.82. The molecule has 0 fully saturated rings. The summed E-state index contributed by atoms with van der Waals surface area (Å²) < 4.78 is 5.67. The molecule has 0 bridgehead atoms. The first-order valence-electron chi connectivity index (χ1n) is 7.50. The second kappa shape index (κ2) is 7.01. The van der Waals surface area contributed by atoms with Crippen LogP contribution in [0.25, 0.3) is 0 Å². The zero-order valence-electron chi connectivity index (χ0n) is 14.1. The number of ether oxygens (including phenoxy) is 1. The minimum Gasteiger partial charge on any atom is -0.494 e. The van der Waals surface area contributed by atoms with Crippen molar-refractivity contribution in [1.82, 2.24) is 0 Å². The van der Waals surface area contributed by atoms with Crippen LogP contribution < -0.4 is 9.64 Å². The number of rotatable bonds is 6. The van der Waals surface area contributed by atoms with Gasteiger partial charge in [-0.25, -0.2) is 0 Å². The van der Waals surface area contributed by atoms with Gasteiger partial charge in [-0.05, 0) is 37.7 Å². The molecule has 114 valence electrons. The Balaban J connectivity index is 3.63. The van der Waals surface area contributed by atoms with Crippen LogP contribution in [0.1, 0.15) is 50.5 Å². The van der Waals surface area contributed by atoms with Gasteiger partial charge in [0.25, 0.3) is 0 Å². The first kappa shape index (κ1) is 17.6. The molecule has 0 spiro atoms. The molecule has 0 heterocycles. The molecule has 0 aromatic heterocycles. The number of nitrogens with zero attached hydrogens (tertiary/aromatic N) is 1. The molecule has 3 nitrogen and oxygen atoms in total. The Morgan fingerprint density at radius 3 is 2.19 bits per heavy atom. The Labute approximate surface area is 130 Å². The predicted molar refractivity (Wildman–Crippen MR) is 90.1 cm³/mol. The maximum absolute atomic E-state index is 12.1. The van der Waals surface area contributed by atoms with Crippen LogP contribution in [0.2, 0.25) is 6.32 Å². The molecule has 1 aromatic carbocycles. The third-order valence-corrected chi connectivity index (χ3v) is 3.69. The van der Waals surface area contributed by atoms with E-state index in [-0.39, 0.29) is 17.5 Å². The molecule has 0 N–H and O–H groups in total. The van der Waals surface area contributed by atoms with E-state index in [0.29, 0.717) is 5.56 Å². The quantitative estimate of drug-likeness (QED) is 0.591. The van der Waals surface area contributed by atoms with Gasteiger partial charge in [0.1, 0.15) is 5.75 Å². The van der Waals surface area contributed by atoms with E-state index in [1.807, 2.05) is 12.1 Å². The normalized spacial score (nSPS) is 11.3. The molecule has 0 aliphatic carbocycles. The summed E-state index contributed by atoms with van der Waals surface area (Å²) in [6.07, 6.45) is 0.0214. The first-order chi connectivity index (χ1) is 9.79. The SMILES string of the molecule is [B]CC(=O)c1cc(N(CC)CC)c(OC)c(C(C)(C)C)c1. The van der Waals surface area contributed by atoms with Gasteiger partial charge in [0.15, 0.2) is 5.78 Å². The van der Waals surface area contributed by atoms with Crippen LogP contribution in [-0.2, 0) is 5.41 Å². The molecule has 4 heteroatoms. The molecule has 1 rings (SSSR count). The highest BCUT2D eigenvalue weighted by molar-refractivity contribution is 6.24. The summed E-state index contributed by atoms with van der Waals surface area (Å²) in [5, 5.41) is 0. The van der Waals surface area contributed by atoms with Crippen LogP contribution >= 0.6 is 0 Å². The van der Waals surface area contributed by atoms with E-state index in [1.165, 1.54) is 0 Å². The number of carbonyl (C=O) groups is 1. The lowest BCUT2D eigenvalue weighted by Crippen LogP contribution is -2.25. The standard InChI is InChI=1S/C17H26BNO2/c1-7-19(8-2)14-10-12(15(20)11-18)9-13(16(14)21-6)17(3,4)5/h9-10H,7-8,11H2,1-6H3.